The van der Waals surface area contributed by atoms with Crippen LogP contribution in [0.1, 0.15) is 22.0 Å². The van der Waals surface area contributed by atoms with Crippen molar-refractivity contribution in [1.29, 1.82) is 0 Å². The van der Waals surface area contributed by atoms with Gasteiger partial charge in [-0.25, -0.2) is 4.98 Å². The molecule has 0 amide bonds. The van der Waals surface area contributed by atoms with Gasteiger partial charge in [-0.2, -0.15) is 0 Å². The first-order valence-electron chi connectivity index (χ1n) is 5.78. The lowest BCUT2D eigenvalue weighted by atomic mass is 10.3. The summed E-state index contributed by atoms with van der Waals surface area (Å²) in [5.74, 6) is 0. The molecule has 0 unspecified atom stereocenters. The van der Waals surface area contributed by atoms with Gasteiger partial charge in [-0.3, -0.25) is 4.98 Å². The molecule has 2 rings (SSSR count). The van der Waals surface area contributed by atoms with Gasteiger partial charge in [0.1, 0.15) is 0 Å². The first kappa shape index (κ1) is 12.2. The van der Waals surface area contributed by atoms with Gasteiger partial charge < -0.3 is 5.32 Å². The fourth-order valence-electron chi connectivity index (χ4n) is 1.68. The van der Waals surface area contributed by atoms with Crippen LogP contribution in [0.3, 0.4) is 0 Å². The minimum atomic E-state index is 0.833. The predicted octanol–water partition coefficient (Wildman–Crippen LogP) is 2.49. The Hall–Kier alpha value is -1.26. The second kappa shape index (κ2) is 5.89. The standard InChI is InChI=1S/C13H17N3S/c1-10-4-3-5-12(16-10)8-14-7-6-13-11(2)15-9-17-13/h3-5,9,14H,6-8H2,1-2H3. The van der Waals surface area contributed by atoms with Crippen LogP contribution in [0.4, 0.5) is 0 Å². The minimum Gasteiger partial charge on any atom is -0.311 e. The number of hydrogen-bond donors (Lipinski definition) is 1. The molecule has 0 aliphatic rings. The highest BCUT2D eigenvalue weighted by molar-refractivity contribution is 7.09. The topological polar surface area (TPSA) is 37.8 Å². The van der Waals surface area contributed by atoms with Gasteiger partial charge in [0, 0.05) is 23.7 Å². The number of nitrogens with one attached hydrogen (secondary N) is 1. The first-order chi connectivity index (χ1) is 8.25. The van der Waals surface area contributed by atoms with E-state index in [2.05, 4.69) is 28.3 Å². The van der Waals surface area contributed by atoms with Crippen molar-refractivity contribution < 1.29 is 0 Å². The maximum Gasteiger partial charge on any atom is 0.0797 e. The van der Waals surface area contributed by atoms with E-state index in [0.29, 0.717) is 0 Å². The Bertz CT molecular complexity index is 479. The third-order valence-electron chi connectivity index (χ3n) is 2.63. The molecule has 0 fully saturated rings. The molecule has 90 valence electrons. The van der Waals surface area contributed by atoms with E-state index >= 15 is 0 Å². The molecule has 0 saturated heterocycles. The SMILES string of the molecule is Cc1cccc(CNCCc2scnc2C)n1. The summed E-state index contributed by atoms with van der Waals surface area (Å²) in [6.45, 7) is 5.89. The molecular weight excluding hydrogens is 230 g/mol. The van der Waals surface area contributed by atoms with E-state index in [1.807, 2.05) is 24.6 Å². The molecule has 4 heteroatoms. The van der Waals surface area contributed by atoms with Crippen molar-refractivity contribution in [3.63, 3.8) is 0 Å². The molecule has 0 saturated carbocycles. The van der Waals surface area contributed by atoms with Crippen LogP contribution < -0.4 is 5.32 Å². The number of rotatable bonds is 5. The number of aromatic nitrogens is 2. The smallest absolute Gasteiger partial charge is 0.0797 e. The van der Waals surface area contributed by atoms with Crippen LogP contribution >= 0.6 is 11.3 Å². The first-order valence-corrected chi connectivity index (χ1v) is 6.66. The largest absolute Gasteiger partial charge is 0.311 e. The lowest BCUT2D eigenvalue weighted by molar-refractivity contribution is 0.675. The second-order valence-electron chi connectivity index (χ2n) is 4.06. The van der Waals surface area contributed by atoms with Gasteiger partial charge in [-0.05, 0) is 32.4 Å². The zero-order valence-corrected chi connectivity index (χ0v) is 11.0. The summed E-state index contributed by atoms with van der Waals surface area (Å²) in [5, 5.41) is 3.41. The Kier molecular flexibility index (Phi) is 4.23. The van der Waals surface area contributed by atoms with Crippen molar-refractivity contribution in [1.82, 2.24) is 15.3 Å². The van der Waals surface area contributed by atoms with Gasteiger partial charge in [0.15, 0.2) is 0 Å². The fourth-order valence-corrected chi connectivity index (χ4v) is 2.46. The molecule has 17 heavy (non-hydrogen) atoms. The van der Waals surface area contributed by atoms with Crippen molar-refractivity contribution in [3.8, 4) is 0 Å². The van der Waals surface area contributed by atoms with Crippen molar-refractivity contribution >= 4 is 11.3 Å². The van der Waals surface area contributed by atoms with Crippen molar-refractivity contribution in [2.75, 3.05) is 6.54 Å². The number of thiazole rings is 1. The molecule has 0 bridgehead atoms. The predicted molar refractivity (Wildman–Crippen MR) is 71.2 cm³/mol. The number of pyridine rings is 1. The Morgan fingerprint density at radius 1 is 1.29 bits per heavy atom. The van der Waals surface area contributed by atoms with Gasteiger partial charge >= 0.3 is 0 Å². The monoisotopic (exact) mass is 247 g/mol. The molecule has 2 aromatic heterocycles. The number of hydrogen-bond acceptors (Lipinski definition) is 4. The Morgan fingerprint density at radius 2 is 2.18 bits per heavy atom. The normalized spacial score (nSPS) is 10.7. The van der Waals surface area contributed by atoms with Gasteiger partial charge in [0.25, 0.3) is 0 Å². The molecule has 2 heterocycles. The van der Waals surface area contributed by atoms with Crippen LogP contribution in [-0.2, 0) is 13.0 Å². The number of aryl methyl sites for hydroxylation is 2. The van der Waals surface area contributed by atoms with Gasteiger partial charge in [0.2, 0.25) is 0 Å². The number of nitrogens with zero attached hydrogens (tertiary/aromatic N) is 2. The van der Waals surface area contributed by atoms with Crippen LogP contribution in [0.5, 0.6) is 0 Å². The van der Waals surface area contributed by atoms with Crippen molar-refractivity contribution in [3.05, 3.63) is 45.7 Å². The molecule has 1 N–H and O–H groups in total. The average Bonchev–Trinajstić information content (AvgIpc) is 2.71. The maximum absolute atomic E-state index is 4.45. The van der Waals surface area contributed by atoms with E-state index in [0.717, 1.165) is 36.6 Å². The fraction of sp³-hybridized carbons (Fsp3) is 0.385. The molecule has 0 aromatic carbocycles. The van der Waals surface area contributed by atoms with Crippen molar-refractivity contribution in [2.24, 2.45) is 0 Å². The zero-order valence-electron chi connectivity index (χ0n) is 10.2. The van der Waals surface area contributed by atoms with E-state index < -0.39 is 0 Å². The zero-order chi connectivity index (χ0) is 12.1. The van der Waals surface area contributed by atoms with Crippen LogP contribution in [0.15, 0.2) is 23.7 Å². The van der Waals surface area contributed by atoms with Crippen LogP contribution in [-0.4, -0.2) is 16.5 Å². The summed E-state index contributed by atoms with van der Waals surface area (Å²) >= 11 is 1.73. The minimum absolute atomic E-state index is 0.833. The van der Waals surface area contributed by atoms with E-state index in [1.165, 1.54) is 4.88 Å². The Labute approximate surface area is 106 Å². The molecule has 0 aliphatic heterocycles. The summed E-state index contributed by atoms with van der Waals surface area (Å²) in [4.78, 5) is 10.1. The quantitative estimate of drug-likeness (QED) is 0.825. The van der Waals surface area contributed by atoms with Gasteiger partial charge in [0.05, 0.1) is 16.9 Å². The third-order valence-corrected chi connectivity index (χ3v) is 3.62. The van der Waals surface area contributed by atoms with Gasteiger partial charge in [-0.1, -0.05) is 6.07 Å². The van der Waals surface area contributed by atoms with Crippen LogP contribution in [0.2, 0.25) is 0 Å². The summed E-state index contributed by atoms with van der Waals surface area (Å²) < 4.78 is 0. The maximum atomic E-state index is 4.45. The summed E-state index contributed by atoms with van der Waals surface area (Å²) in [7, 11) is 0. The van der Waals surface area contributed by atoms with E-state index in [-0.39, 0.29) is 0 Å². The molecule has 3 nitrogen and oxygen atoms in total. The lowest BCUT2D eigenvalue weighted by Gasteiger charge is -2.04. The van der Waals surface area contributed by atoms with E-state index in [9.17, 15) is 0 Å². The molecule has 0 spiro atoms. The lowest BCUT2D eigenvalue weighted by Crippen LogP contribution is -2.17. The molecular formula is C13H17N3S. The van der Waals surface area contributed by atoms with Crippen LogP contribution in [0, 0.1) is 13.8 Å². The Morgan fingerprint density at radius 3 is 2.88 bits per heavy atom. The Balaban J connectivity index is 1.75. The van der Waals surface area contributed by atoms with Crippen LogP contribution in [0.25, 0.3) is 0 Å². The molecule has 2 aromatic rings. The third kappa shape index (κ3) is 3.61. The van der Waals surface area contributed by atoms with Gasteiger partial charge in [-0.15, -0.1) is 11.3 Å². The molecule has 0 atom stereocenters. The highest BCUT2D eigenvalue weighted by atomic mass is 32.1. The molecule has 0 radical (unpaired) electrons. The highest BCUT2D eigenvalue weighted by Crippen LogP contribution is 2.11. The summed E-state index contributed by atoms with van der Waals surface area (Å²) in [6, 6.07) is 6.12. The summed E-state index contributed by atoms with van der Waals surface area (Å²) in [6.07, 6.45) is 1.04. The van der Waals surface area contributed by atoms with E-state index in [4.69, 9.17) is 0 Å². The summed E-state index contributed by atoms with van der Waals surface area (Å²) in [5.41, 5.74) is 5.24. The second-order valence-corrected chi connectivity index (χ2v) is 5.00. The van der Waals surface area contributed by atoms with Crippen molar-refractivity contribution in [2.45, 2.75) is 26.8 Å². The highest BCUT2D eigenvalue weighted by Gasteiger charge is 2.00. The van der Waals surface area contributed by atoms with E-state index in [1.54, 1.807) is 11.3 Å². The molecule has 0 aliphatic carbocycles. The average molecular weight is 247 g/mol.